The van der Waals surface area contributed by atoms with Gasteiger partial charge >= 0.3 is 0 Å². The molecule has 150 valence electrons. The lowest BCUT2D eigenvalue weighted by Crippen LogP contribution is -1.96. The van der Waals surface area contributed by atoms with Crippen LogP contribution in [0.5, 0.6) is 0 Å². The third-order valence-corrected chi connectivity index (χ3v) is 6.80. The molecule has 2 heteroatoms. The van der Waals surface area contributed by atoms with Crippen LogP contribution in [0.15, 0.2) is 84.9 Å². The van der Waals surface area contributed by atoms with E-state index in [0.717, 1.165) is 22.4 Å². The summed E-state index contributed by atoms with van der Waals surface area (Å²) in [7, 11) is 0. The van der Waals surface area contributed by atoms with Crippen molar-refractivity contribution in [1.82, 2.24) is 9.97 Å². The van der Waals surface area contributed by atoms with Crippen LogP contribution in [0.25, 0.3) is 65.3 Å². The average Bonchev–Trinajstić information content (AvgIpc) is 2.81. The average molecular weight is 409 g/mol. The zero-order valence-electron chi connectivity index (χ0n) is 18.0. The summed E-state index contributed by atoms with van der Waals surface area (Å²) in [4.78, 5) is 9.95. The Morgan fingerprint density at radius 2 is 1.16 bits per heavy atom. The number of nitrogens with zero attached hydrogens (tertiary/aromatic N) is 2. The number of benzene rings is 5. The fraction of sp³-hybridized carbons (Fsp3) is 0.0667. The predicted molar refractivity (Wildman–Crippen MR) is 136 cm³/mol. The molecule has 0 bridgehead atoms. The molecule has 0 aliphatic heterocycles. The van der Waals surface area contributed by atoms with Crippen molar-refractivity contribution in [3.8, 4) is 11.1 Å². The summed E-state index contributed by atoms with van der Waals surface area (Å²) >= 11 is 0. The second kappa shape index (κ2) is 6.24. The van der Waals surface area contributed by atoms with E-state index in [-0.39, 0.29) is 0 Å². The van der Waals surface area contributed by atoms with Crippen LogP contribution in [0.3, 0.4) is 0 Å². The van der Waals surface area contributed by atoms with E-state index in [1.54, 1.807) is 0 Å². The van der Waals surface area contributed by atoms with Crippen LogP contribution in [-0.4, -0.2) is 9.97 Å². The van der Waals surface area contributed by atoms with Gasteiger partial charge in [0, 0.05) is 32.9 Å². The summed E-state index contributed by atoms with van der Waals surface area (Å²) in [5.41, 5.74) is 6.59. The minimum Gasteiger partial charge on any atom is -0.252 e. The molecule has 0 amide bonds. The molecule has 0 unspecified atom stereocenters. The summed E-state index contributed by atoms with van der Waals surface area (Å²) < 4.78 is 0. The van der Waals surface area contributed by atoms with Crippen LogP contribution < -0.4 is 0 Å². The van der Waals surface area contributed by atoms with Gasteiger partial charge in [-0.15, -0.1) is 0 Å². The van der Waals surface area contributed by atoms with Gasteiger partial charge in [-0.1, -0.05) is 48.5 Å². The molecule has 0 atom stereocenters. The smallest absolute Gasteiger partial charge is 0.0725 e. The zero-order valence-corrected chi connectivity index (χ0v) is 18.0. The molecule has 0 aliphatic carbocycles. The molecule has 0 saturated heterocycles. The number of aromatic nitrogens is 2. The molecule has 0 N–H and O–H groups in total. The Bertz CT molecular complexity index is 1850. The largest absolute Gasteiger partial charge is 0.252 e. The van der Waals surface area contributed by atoms with Crippen molar-refractivity contribution >= 4 is 54.1 Å². The van der Waals surface area contributed by atoms with Crippen LogP contribution in [0.2, 0.25) is 0 Å². The van der Waals surface area contributed by atoms with Crippen molar-refractivity contribution in [3.05, 3.63) is 96.3 Å². The van der Waals surface area contributed by atoms with Crippen LogP contribution in [0.1, 0.15) is 11.4 Å². The van der Waals surface area contributed by atoms with Crippen molar-refractivity contribution < 1.29 is 0 Å². The minimum atomic E-state index is 1.04. The summed E-state index contributed by atoms with van der Waals surface area (Å²) in [5.74, 6) is 0. The monoisotopic (exact) mass is 408 g/mol. The molecule has 32 heavy (non-hydrogen) atoms. The molecule has 0 saturated carbocycles. The highest BCUT2D eigenvalue weighted by atomic mass is 14.7. The Kier molecular flexibility index (Phi) is 3.44. The fourth-order valence-corrected chi connectivity index (χ4v) is 5.23. The van der Waals surface area contributed by atoms with Crippen molar-refractivity contribution in [2.75, 3.05) is 0 Å². The molecule has 0 radical (unpaired) electrons. The van der Waals surface area contributed by atoms with Crippen molar-refractivity contribution in [2.24, 2.45) is 0 Å². The molecular formula is C30H20N2. The van der Waals surface area contributed by atoms with E-state index >= 15 is 0 Å². The second-order valence-corrected chi connectivity index (χ2v) is 8.77. The lowest BCUT2D eigenvalue weighted by Gasteiger charge is -2.15. The number of pyridine rings is 2. The summed E-state index contributed by atoms with van der Waals surface area (Å²) in [5, 5.41) is 9.89. The first-order chi connectivity index (χ1) is 15.7. The number of hydrogen-bond acceptors (Lipinski definition) is 2. The molecule has 2 aromatic heterocycles. The van der Waals surface area contributed by atoms with E-state index in [0.29, 0.717) is 0 Å². The van der Waals surface area contributed by atoms with Gasteiger partial charge in [0.2, 0.25) is 0 Å². The molecule has 0 fully saturated rings. The van der Waals surface area contributed by atoms with Gasteiger partial charge in [0.15, 0.2) is 0 Å². The molecule has 0 aliphatic rings. The maximum atomic E-state index is 5.01. The molecule has 2 nitrogen and oxygen atoms in total. The van der Waals surface area contributed by atoms with Crippen molar-refractivity contribution in [1.29, 1.82) is 0 Å². The Morgan fingerprint density at radius 3 is 2.00 bits per heavy atom. The van der Waals surface area contributed by atoms with Crippen LogP contribution in [-0.2, 0) is 0 Å². The predicted octanol–water partition coefficient (Wildman–Crippen LogP) is 7.96. The Hall–Kier alpha value is -4.04. The number of aryl methyl sites for hydroxylation is 2. The van der Waals surface area contributed by atoms with Crippen molar-refractivity contribution in [2.45, 2.75) is 13.8 Å². The Labute approximate surface area is 185 Å². The molecule has 0 spiro atoms. The van der Waals surface area contributed by atoms with Gasteiger partial charge in [-0.2, -0.15) is 0 Å². The lowest BCUT2D eigenvalue weighted by molar-refractivity contribution is 1.26. The van der Waals surface area contributed by atoms with Gasteiger partial charge in [-0.05, 0) is 82.9 Å². The van der Waals surface area contributed by atoms with Gasteiger partial charge < -0.3 is 0 Å². The third-order valence-electron chi connectivity index (χ3n) is 6.80. The number of hydrogen-bond donors (Lipinski definition) is 0. The minimum absolute atomic E-state index is 1.04. The number of rotatable bonds is 1. The van der Waals surface area contributed by atoms with Gasteiger partial charge in [-0.3, -0.25) is 9.97 Å². The first-order valence-corrected chi connectivity index (χ1v) is 11.0. The fourth-order valence-electron chi connectivity index (χ4n) is 5.23. The highest BCUT2D eigenvalue weighted by Gasteiger charge is 2.16. The van der Waals surface area contributed by atoms with E-state index in [1.165, 1.54) is 54.2 Å². The van der Waals surface area contributed by atoms with Gasteiger partial charge in [0.1, 0.15) is 0 Å². The molecular weight excluding hydrogens is 388 g/mol. The summed E-state index contributed by atoms with van der Waals surface area (Å²) in [6.45, 7) is 4.20. The summed E-state index contributed by atoms with van der Waals surface area (Å²) in [6, 6.07) is 30.7. The highest BCUT2D eigenvalue weighted by molar-refractivity contribution is 6.22. The van der Waals surface area contributed by atoms with E-state index in [4.69, 9.17) is 9.97 Å². The van der Waals surface area contributed by atoms with E-state index in [2.05, 4.69) is 98.8 Å². The summed E-state index contributed by atoms with van der Waals surface area (Å²) in [6.07, 6.45) is 0. The molecule has 5 aromatic carbocycles. The number of fused-ring (bicyclic) bond motifs is 2. The topological polar surface area (TPSA) is 25.8 Å². The normalized spacial score (nSPS) is 12.1. The zero-order chi connectivity index (χ0) is 21.4. The standard InChI is InChI=1S/C30H20N2/c1-17-25-8-5-9-27-29(25)30-26(18(2)31-27)15-24(16-28(30)32-17)22-11-10-21-12-19-6-3-4-7-20(19)13-23(21)14-22/h3-16H,1-2H3. The highest BCUT2D eigenvalue weighted by Crippen LogP contribution is 2.38. The Balaban J connectivity index is 1.53. The lowest BCUT2D eigenvalue weighted by atomic mass is 9.93. The van der Waals surface area contributed by atoms with Crippen molar-refractivity contribution in [3.63, 3.8) is 0 Å². The van der Waals surface area contributed by atoms with E-state index in [1.807, 2.05) is 0 Å². The SMILES string of the molecule is Cc1nc2cc(-c3ccc4cc5ccccc5cc4c3)cc3c(C)nc4cccc1c4c23. The second-order valence-electron chi connectivity index (χ2n) is 8.77. The van der Waals surface area contributed by atoms with Gasteiger partial charge in [0.25, 0.3) is 0 Å². The van der Waals surface area contributed by atoms with Gasteiger partial charge in [-0.25, -0.2) is 0 Å². The molecule has 7 aromatic rings. The maximum Gasteiger partial charge on any atom is 0.0725 e. The van der Waals surface area contributed by atoms with Crippen LogP contribution in [0.4, 0.5) is 0 Å². The molecule has 2 heterocycles. The quantitative estimate of drug-likeness (QED) is 0.203. The van der Waals surface area contributed by atoms with Gasteiger partial charge in [0.05, 0.1) is 11.0 Å². The first kappa shape index (κ1) is 17.6. The Morgan fingerprint density at radius 1 is 0.469 bits per heavy atom. The van der Waals surface area contributed by atoms with Crippen LogP contribution >= 0.6 is 0 Å². The maximum absolute atomic E-state index is 5.01. The van der Waals surface area contributed by atoms with Crippen LogP contribution in [0, 0.1) is 13.8 Å². The first-order valence-electron chi connectivity index (χ1n) is 11.0. The third kappa shape index (κ3) is 2.41. The molecule has 7 rings (SSSR count). The van der Waals surface area contributed by atoms with E-state index in [9.17, 15) is 0 Å². The van der Waals surface area contributed by atoms with E-state index < -0.39 is 0 Å².